The normalized spacial score (nSPS) is 23.6. The minimum Gasteiger partial charge on any atom is -0.338 e. The molecule has 9 aliphatic carbocycles. The lowest BCUT2D eigenvalue weighted by molar-refractivity contribution is 0.280. The van der Waals surface area contributed by atoms with Crippen molar-refractivity contribution >= 4 is 49.3 Å². The Hall–Kier alpha value is -9.24. The minimum absolute atomic E-state index is 0.180. The number of hydrogen-bond donors (Lipinski definition) is 0. The number of benzene rings is 9. The molecule has 18 rings (SSSR count). The summed E-state index contributed by atoms with van der Waals surface area (Å²) in [6.45, 7) is 22.1. The minimum atomic E-state index is -0.202. The number of rotatable bonds is 8. The monoisotopic (exact) mass is 1230 g/mol. The van der Waals surface area contributed by atoms with Gasteiger partial charge in [-0.2, -0.15) is 0 Å². The van der Waals surface area contributed by atoms with Crippen LogP contribution in [-0.4, -0.2) is 10.9 Å². The number of para-hydroxylation sites is 1. The maximum Gasteiger partial charge on any atom is 0.0556 e. The molecule has 9 aliphatic rings. The zero-order chi connectivity index (χ0) is 64.4. The van der Waals surface area contributed by atoms with E-state index in [0.29, 0.717) is 5.92 Å². The van der Waals surface area contributed by atoms with Gasteiger partial charge in [0.1, 0.15) is 0 Å². The van der Waals surface area contributed by atoms with Gasteiger partial charge in [0, 0.05) is 50.6 Å². The van der Waals surface area contributed by atoms with Crippen molar-refractivity contribution in [2.75, 3.05) is 4.90 Å². The molecule has 0 N–H and O–H groups in total. The molecule has 468 valence electrons. The molecule has 0 fully saturated rings. The first-order valence-electron chi connectivity index (χ1n) is 35.5. The second-order valence-corrected chi connectivity index (χ2v) is 31.7. The lowest BCUT2D eigenvalue weighted by Crippen LogP contribution is -2.39. The van der Waals surface area contributed by atoms with Gasteiger partial charge >= 0.3 is 0 Å². The zero-order valence-electron chi connectivity index (χ0n) is 56.8. The summed E-state index contributed by atoms with van der Waals surface area (Å²) < 4.78 is 0. The summed E-state index contributed by atoms with van der Waals surface area (Å²) in [6, 6.07) is 68.3. The Morgan fingerprint density at radius 2 is 1.12 bits per heavy atom. The maximum absolute atomic E-state index is 2.79. The van der Waals surface area contributed by atoms with Crippen LogP contribution in [0.25, 0.3) is 60.1 Å². The first-order chi connectivity index (χ1) is 46.0. The van der Waals surface area contributed by atoms with Crippen molar-refractivity contribution in [1.29, 1.82) is 0 Å². The van der Waals surface area contributed by atoms with Crippen LogP contribution in [0, 0.1) is 29.1 Å². The number of nitrogens with zero attached hydrogens (tertiary/aromatic N) is 2. The Morgan fingerprint density at radius 1 is 0.505 bits per heavy atom. The largest absolute Gasteiger partial charge is 0.338 e. The number of fused-ring (bicyclic) bond motifs is 17. The molecule has 0 saturated heterocycles. The Balaban J connectivity index is 0.855. The number of allylic oxidation sites excluding steroid dienone is 17. The summed E-state index contributed by atoms with van der Waals surface area (Å²) >= 11 is 0. The zero-order valence-corrected chi connectivity index (χ0v) is 56.8. The van der Waals surface area contributed by atoms with Crippen LogP contribution in [0.3, 0.4) is 0 Å². The molecule has 0 bridgehead atoms. The third kappa shape index (κ3) is 8.87. The smallest absolute Gasteiger partial charge is 0.0556 e. The van der Waals surface area contributed by atoms with E-state index in [0.717, 1.165) is 38.5 Å². The molecule has 0 radical (unpaired) electrons. The number of anilines is 2. The highest BCUT2D eigenvalue weighted by Gasteiger charge is 2.50. The molecule has 6 atom stereocenters. The van der Waals surface area contributed by atoms with Crippen molar-refractivity contribution in [2.45, 2.75) is 129 Å². The standard InChI is InChI=1S/C93H86N2/c1-90(2,3)62-37-39-65(40-38-62)94(63-25-12-10-13-26-63)66-42-50-75-80(54-66)85(60-35-44-72-77-46-32-57-22-16-19-29-69(57)87(77)91(4,5)82(72)52-60)76-51-43-67(55-81(76)86(75)61-36-45-73-78-47-33-58-23-17-20-30-70(58)88(78)92(6,7)83(73)53-61)95(64-27-14-11-15-28-64)68-41-49-74-79-48-34-59-24-18-21-31-71(59)89(79)93(8,9)84(74)56-68/h10-25,27-34,36-37,39-41,43-49,51-54,56,60,62-63,75,81,86H,26,35,38,42,50,55H2,1-9H3. The Morgan fingerprint density at radius 3 is 1.75 bits per heavy atom. The van der Waals surface area contributed by atoms with E-state index < -0.39 is 0 Å². The van der Waals surface area contributed by atoms with Crippen LogP contribution >= 0.6 is 0 Å². The molecule has 0 aromatic heterocycles. The van der Waals surface area contributed by atoms with Crippen LogP contribution in [-0.2, 0) is 16.2 Å². The van der Waals surface area contributed by atoms with Gasteiger partial charge in [0.05, 0.1) is 6.04 Å². The first kappa shape index (κ1) is 58.3. The van der Waals surface area contributed by atoms with Gasteiger partial charge in [-0.3, -0.25) is 0 Å². The summed E-state index contributed by atoms with van der Waals surface area (Å²) in [5.74, 6) is 1.34. The van der Waals surface area contributed by atoms with E-state index >= 15 is 0 Å². The highest BCUT2D eigenvalue weighted by atomic mass is 15.2. The Bertz CT molecular complexity index is 5120. The highest BCUT2D eigenvalue weighted by Crippen LogP contribution is 2.63. The van der Waals surface area contributed by atoms with Crippen LogP contribution in [0.2, 0.25) is 0 Å². The molecule has 2 heteroatoms. The molecular weight excluding hydrogens is 1150 g/mol. The molecule has 6 unspecified atom stereocenters. The fourth-order valence-electron chi connectivity index (χ4n) is 19.9. The topological polar surface area (TPSA) is 6.48 Å². The molecule has 0 spiro atoms. The van der Waals surface area contributed by atoms with Crippen molar-refractivity contribution < 1.29 is 0 Å². The molecule has 9 aromatic carbocycles. The molecule has 0 heterocycles. The van der Waals surface area contributed by atoms with E-state index in [1.54, 1.807) is 11.1 Å². The van der Waals surface area contributed by atoms with Gasteiger partial charge in [-0.25, -0.2) is 0 Å². The van der Waals surface area contributed by atoms with Gasteiger partial charge in [-0.15, -0.1) is 0 Å². The van der Waals surface area contributed by atoms with Gasteiger partial charge in [-0.05, 0) is 231 Å². The quantitative estimate of drug-likeness (QED) is 0.150. The van der Waals surface area contributed by atoms with E-state index in [9.17, 15) is 0 Å². The lowest BCUT2D eigenvalue weighted by Gasteiger charge is -2.49. The van der Waals surface area contributed by atoms with Crippen LogP contribution in [0.15, 0.2) is 288 Å². The lowest BCUT2D eigenvalue weighted by atomic mass is 9.57. The van der Waals surface area contributed by atoms with Crippen molar-refractivity contribution in [3.8, 4) is 22.3 Å². The van der Waals surface area contributed by atoms with Crippen molar-refractivity contribution in [2.24, 2.45) is 29.1 Å². The maximum atomic E-state index is 2.79. The van der Waals surface area contributed by atoms with E-state index in [-0.39, 0.29) is 51.4 Å². The summed E-state index contributed by atoms with van der Waals surface area (Å²) in [5.41, 5.74) is 29.4. The van der Waals surface area contributed by atoms with Crippen LogP contribution in [0.5, 0.6) is 0 Å². The van der Waals surface area contributed by atoms with Crippen molar-refractivity contribution in [3.63, 3.8) is 0 Å². The average molecular weight is 1230 g/mol. The van der Waals surface area contributed by atoms with Gasteiger partial charge in [-0.1, -0.05) is 269 Å². The highest BCUT2D eigenvalue weighted by molar-refractivity contribution is 6.02. The van der Waals surface area contributed by atoms with E-state index in [4.69, 9.17) is 0 Å². The fraction of sp³-hybridized carbons (Fsp3) is 0.269. The average Bonchev–Trinajstić information content (AvgIpc) is 1.69. The van der Waals surface area contributed by atoms with Gasteiger partial charge < -0.3 is 9.80 Å². The Labute approximate surface area is 563 Å². The Kier molecular flexibility index (Phi) is 13.1. The van der Waals surface area contributed by atoms with Gasteiger partial charge in [0.25, 0.3) is 0 Å². The van der Waals surface area contributed by atoms with Gasteiger partial charge in [0.15, 0.2) is 0 Å². The van der Waals surface area contributed by atoms with E-state index in [2.05, 4.69) is 321 Å². The summed E-state index contributed by atoms with van der Waals surface area (Å²) in [7, 11) is 0. The molecule has 2 nitrogen and oxygen atoms in total. The second kappa shape index (κ2) is 21.4. The van der Waals surface area contributed by atoms with Gasteiger partial charge in [0.2, 0.25) is 0 Å². The third-order valence-corrected chi connectivity index (χ3v) is 24.4. The van der Waals surface area contributed by atoms with E-state index in [1.165, 1.54) is 139 Å². The molecular formula is C93H86N2. The molecule has 0 saturated carbocycles. The van der Waals surface area contributed by atoms with Crippen LogP contribution in [0.4, 0.5) is 11.4 Å². The summed E-state index contributed by atoms with van der Waals surface area (Å²) in [4.78, 5) is 5.42. The van der Waals surface area contributed by atoms with Crippen molar-refractivity contribution in [1.82, 2.24) is 4.90 Å². The predicted octanol–water partition coefficient (Wildman–Crippen LogP) is 24.1. The summed E-state index contributed by atoms with van der Waals surface area (Å²) in [5, 5.41) is 8.05. The molecule has 0 amide bonds. The second-order valence-electron chi connectivity index (χ2n) is 31.7. The molecule has 9 aromatic rings. The number of hydrogen-bond acceptors (Lipinski definition) is 2. The molecule has 0 aliphatic heterocycles. The predicted molar refractivity (Wildman–Crippen MR) is 401 cm³/mol. The van der Waals surface area contributed by atoms with Crippen molar-refractivity contribution in [3.05, 3.63) is 327 Å². The van der Waals surface area contributed by atoms with Crippen LogP contribution < -0.4 is 4.90 Å². The molecule has 95 heavy (non-hydrogen) atoms. The third-order valence-electron chi connectivity index (χ3n) is 24.4. The summed E-state index contributed by atoms with van der Waals surface area (Å²) in [6.07, 6.45) is 36.4. The SMILES string of the molecule is CC1(C)C2=CC(C3=C4C=C(N(C5=CCC(C(C)(C)C)C=C5)C5C=CC=CC5)CCC4C(c4ccc5c(c4)C(C)(C)c4c-5ccc5ccccc45)C4CC(N(c5ccccc5)c5ccc6c(c5)C(C)(C)c5c-6ccc6ccccc56)=CC=C34)CC=C2c2ccc3ccccc3c21. The fourth-order valence-corrected chi connectivity index (χ4v) is 19.9. The first-order valence-corrected chi connectivity index (χ1v) is 35.5. The van der Waals surface area contributed by atoms with E-state index in [1.807, 2.05) is 0 Å². The van der Waals surface area contributed by atoms with Crippen LogP contribution in [0.1, 0.15) is 146 Å².